The first-order valence-corrected chi connectivity index (χ1v) is 5.59. The van der Waals surface area contributed by atoms with Crippen LogP contribution in [0.1, 0.15) is 18.4 Å². The molecule has 2 heteroatoms. The Morgan fingerprint density at radius 1 is 1.27 bits per heavy atom. The lowest BCUT2D eigenvalue weighted by atomic mass is 10.1. The van der Waals surface area contributed by atoms with Crippen molar-refractivity contribution in [2.75, 3.05) is 18.1 Å². The van der Waals surface area contributed by atoms with Gasteiger partial charge in [-0.2, -0.15) is 0 Å². The predicted molar refractivity (Wildman–Crippen MR) is 61.8 cm³/mol. The van der Waals surface area contributed by atoms with E-state index in [9.17, 15) is 0 Å². The molecule has 1 aromatic carbocycles. The van der Waals surface area contributed by atoms with Gasteiger partial charge in [-0.15, -0.1) is 0 Å². The van der Waals surface area contributed by atoms with Gasteiger partial charge in [0.25, 0.3) is 0 Å². The third kappa shape index (κ3) is 1.55. The normalized spacial score (nSPS) is 24.3. The van der Waals surface area contributed by atoms with Gasteiger partial charge in [0.05, 0.1) is 0 Å². The van der Waals surface area contributed by atoms with Crippen LogP contribution in [0.4, 0.5) is 5.69 Å². The van der Waals surface area contributed by atoms with Crippen molar-refractivity contribution in [2.45, 2.75) is 19.1 Å². The van der Waals surface area contributed by atoms with Crippen molar-refractivity contribution in [1.29, 1.82) is 0 Å². The highest BCUT2D eigenvalue weighted by atomic mass is 16.5. The van der Waals surface area contributed by atoms with E-state index >= 15 is 0 Å². The molecule has 2 heterocycles. The van der Waals surface area contributed by atoms with Gasteiger partial charge in [0.1, 0.15) is 6.23 Å². The summed E-state index contributed by atoms with van der Waals surface area (Å²) in [5.74, 6) is 0. The summed E-state index contributed by atoms with van der Waals surface area (Å²) in [4.78, 5) is 2.36. The van der Waals surface area contributed by atoms with E-state index < -0.39 is 0 Å². The van der Waals surface area contributed by atoms with Gasteiger partial charge in [-0.3, -0.25) is 0 Å². The second kappa shape index (κ2) is 3.70. The number of rotatable bonds is 1. The summed E-state index contributed by atoms with van der Waals surface area (Å²) in [5, 5.41) is 0. The Labute approximate surface area is 90.2 Å². The number of fused-ring (bicyclic) bond motifs is 1. The fourth-order valence-corrected chi connectivity index (χ4v) is 2.36. The van der Waals surface area contributed by atoms with E-state index in [4.69, 9.17) is 4.74 Å². The highest BCUT2D eigenvalue weighted by Gasteiger charge is 2.25. The van der Waals surface area contributed by atoms with Crippen LogP contribution in [0.15, 0.2) is 30.3 Å². The van der Waals surface area contributed by atoms with E-state index in [1.54, 1.807) is 0 Å². The molecule has 0 amide bonds. The van der Waals surface area contributed by atoms with Crippen LogP contribution in [0.5, 0.6) is 0 Å². The number of nitrogens with zero attached hydrogens (tertiary/aromatic N) is 1. The van der Waals surface area contributed by atoms with Gasteiger partial charge in [-0.25, -0.2) is 0 Å². The Hall–Kier alpha value is -1.28. The van der Waals surface area contributed by atoms with Crippen LogP contribution < -0.4 is 4.90 Å². The van der Waals surface area contributed by atoms with E-state index in [0.717, 1.165) is 19.6 Å². The van der Waals surface area contributed by atoms with Crippen molar-refractivity contribution in [3.63, 3.8) is 0 Å². The second-order valence-electron chi connectivity index (χ2n) is 4.08. The van der Waals surface area contributed by atoms with Crippen molar-refractivity contribution in [3.05, 3.63) is 35.9 Å². The molecule has 1 atom stereocenters. The van der Waals surface area contributed by atoms with Crippen LogP contribution >= 0.6 is 0 Å². The van der Waals surface area contributed by atoms with Crippen molar-refractivity contribution in [1.82, 2.24) is 0 Å². The number of benzene rings is 1. The largest absolute Gasteiger partial charge is 0.358 e. The molecular formula is C13H15NO. The minimum Gasteiger partial charge on any atom is -0.358 e. The average Bonchev–Trinajstić information content (AvgIpc) is 2.82. The number of ether oxygens (including phenoxy) is 1. The van der Waals surface area contributed by atoms with Crippen LogP contribution in [-0.2, 0) is 4.74 Å². The molecule has 0 N–H and O–H groups in total. The zero-order chi connectivity index (χ0) is 10.1. The Morgan fingerprint density at radius 2 is 2.20 bits per heavy atom. The summed E-state index contributed by atoms with van der Waals surface area (Å²) in [6.07, 6.45) is 7.04. The number of anilines is 1. The molecule has 3 rings (SSSR count). The molecule has 78 valence electrons. The van der Waals surface area contributed by atoms with Gasteiger partial charge in [0, 0.05) is 18.8 Å². The van der Waals surface area contributed by atoms with E-state index in [1.165, 1.54) is 17.7 Å². The Morgan fingerprint density at radius 3 is 3.07 bits per heavy atom. The van der Waals surface area contributed by atoms with E-state index in [0.29, 0.717) is 0 Å². The summed E-state index contributed by atoms with van der Waals surface area (Å²) in [6.45, 7) is 1.88. The molecule has 1 fully saturated rings. The van der Waals surface area contributed by atoms with Gasteiger partial charge in [-0.1, -0.05) is 30.4 Å². The summed E-state index contributed by atoms with van der Waals surface area (Å²) >= 11 is 0. The molecule has 0 aliphatic carbocycles. The Kier molecular flexibility index (Phi) is 2.22. The first-order chi connectivity index (χ1) is 7.45. The predicted octanol–water partition coefficient (Wildman–Crippen LogP) is 2.66. The van der Waals surface area contributed by atoms with Crippen LogP contribution in [0.25, 0.3) is 6.08 Å². The molecular weight excluding hydrogens is 186 g/mol. The highest BCUT2D eigenvalue weighted by molar-refractivity contribution is 5.71. The molecule has 15 heavy (non-hydrogen) atoms. The molecule has 2 nitrogen and oxygen atoms in total. The maximum Gasteiger partial charge on any atom is 0.130 e. The minimum absolute atomic E-state index is 0.288. The molecule has 1 saturated heterocycles. The molecule has 2 aliphatic heterocycles. The molecule has 2 aliphatic rings. The summed E-state index contributed by atoms with van der Waals surface area (Å²) in [5.41, 5.74) is 2.62. The topological polar surface area (TPSA) is 12.5 Å². The lowest BCUT2D eigenvalue weighted by Crippen LogP contribution is -2.36. The zero-order valence-corrected chi connectivity index (χ0v) is 8.73. The van der Waals surface area contributed by atoms with E-state index in [1.807, 2.05) is 0 Å². The van der Waals surface area contributed by atoms with Crippen LogP contribution in [0, 0.1) is 0 Å². The fourth-order valence-electron chi connectivity index (χ4n) is 2.36. The summed E-state index contributed by atoms with van der Waals surface area (Å²) in [7, 11) is 0. The minimum atomic E-state index is 0.288. The lowest BCUT2D eigenvalue weighted by Gasteiger charge is -2.32. The molecule has 0 saturated carbocycles. The van der Waals surface area contributed by atoms with E-state index in [2.05, 4.69) is 41.3 Å². The second-order valence-corrected chi connectivity index (χ2v) is 4.08. The van der Waals surface area contributed by atoms with Crippen molar-refractivity contribution < 1.29 is 4.74 Å². The van der Waals surface area contributed by atoms with Crippen molar-refractivity contribution in [3.8, 4) is 0 Å². The first-order valence-electron chi connectivity index (χ1n) is 5.59. The van der Waals surface area contributed by atoms with Crippen molar-refractivity contribution >= 4 is 11.8 Å². The average molecular weight is 201 g/mol. The number of hydrogen-bond acceptors (Lipinski definition) is 2. The van der Waals surface area contributed by atoms with Crippen molar-refractivity contribution in [2.24, 2.45) is 0 Å². The maximum absolute atomic E-state index is 5.74. The van der Waals surface area contributed by atoms with Crippen LogP contribution in [0.3, 0.4) is 0 Å². The third-order valence-corrected chi connectivity index (χ3v) is 3.10. The number of para-hydroxylation sites is 1. The van der Waals surface area contributed by atoms with Gasteiger partial charge >= 0.3 is 0 Å². The SMILES string of the molecule is C1=Cc2ccccc2N(C2CCCO2)C1. The third-order valence-electron chi connectivity index (χ3n) is 3.10. The number of hydrogen-bond donors (Lipinski definition) is 0. The van der Waals surface area contributed by atoms with Crippen LogP contribution in [0.2, 0.25) is 0 Å². The summed E-state index contributed by atoms with van der Waals surface area (Å²) in [6, 6.07) is 8.52. The smallest absolute Gasteiger partial charge is 0.130 e. The van der Waals surface area contributed by atoms with Gasteiger partial charge in [0.15, 0.2) is 0 Å². The molecule has 0 radical (unpaired) electrons. The fraction of sp³-hybridized carbons (Fsp3) is 0.385. The van der Waals surface area contributed by atoms with Gasteiger partial charge < -0.3 is 9.64 Å². The quantitative estimate of drug-likeness (QED) is 0.692. The highest BCUT2D eigenvalue weighted by Crippen LogP contribution is 2.30. The molecule has 0 aromatic heterocycles. The maximum atomic E-state index is 5.74. The zero-order valence-electron chi connectivity index (χ0n) is 8.73. The molecule has 1 unspecified atom stereocenters. The van der Waals surface area contributed by atoms with E-state index in [-0.39, 0.29) is 6.23 Å². The van der Waals surface area contributed by atoms with Gasteiger partial charge in [-0.05, 0) is 24.5 Å². The molecule has 0 bridgehead atoms. The molecule has 0 spiro atoms. The molecule has 1 aromatic rings. The Balaban J connectivity index is 1.94. The van der Waals surface area contributed by atoms with Gasteiger partial charge in [0.2, 0.25) is 0 Å². The standard InChI is InChI=1S/C13H15NO/c1-2-7-12-11(5-1)6-3-9-14(12)13-8-4-10-15-13/h1-3,5-7,13H,4,8-10H2. The monoisotopic (exact) mass is 201 g/mol. The van der Waals surface area contributed by atoms with Crippen LogP contribution in [-0.4, -0.2) is 19.4 Å². The summed E-state index contributed by atoms with van der Waals surface area (Å²) < 4.78 is 5.74. The Bertz CT molecular complexity index is 380. The lowest BCUT2D eigenvalue weighted by molar-refractivity contribution is 0.109. The first kappa shape index (κ1) is 8.98.